The van der Waals surface area contributed by atoms with Gasteiger partial charge in [0.25, 0.3) is 0 Å². The number of hydrogen-bond acceptors (Lipinski definition) is 5. The summed E-state index contributed by atoms with van der Waals surface area (Å²) >= 11 is 0. The molecule has 0 unspecified atom stereocenters. The van der Waals surface area contributed by atoms with Crippen LogP contribution in [0.5, 0.6) is 5.75 Å². The maximum atomic E-state index is 12.7. The van der Waals surface area contributed by atoms with Gasteiger partial charge in [-0.05, 0) is 24.1 Å². The Balaban J connectivity index is 1.74. The van der Waals surface area contributed by atoms with Crippen LogP contribution >= 0.6 is 0 Å². The van der Waals surface area contributed by atoms with Crippen LogP contribution in [0.2, 0.25) is 0 Å². The molecule has 0 radical (unpaired) electrons. The number of benzene rings is 1. The molecule has 2 aliphatic heterocycles. The van der Waals surface area contributed by atoms with Crippen molar-refractivity contribution in [3.8, 4) is 5.75 Å². The summed E-state index contributed by atoms with van der Waals surface area (Å²) in [5.41, 5.74) is 1.04. The van der Waals surface area contributed by atoms with E-state index in [1.54, 1.807) is 13.2 Å². The van der Waals surface area contributed by atoms with Gasteiger partial charge in [-0.1, -0.05) is 18.7 Å². The van der Waals surface area contributed by atoms with E-state index in [9.17, 15) is 24.6 Å². The van der Waals surface area contributed by atoms with Crippen LogP contribution in [-0.2, 0) is 22.6 Å². The van der Waals surface area contributed by atoms with Crippen LogP contribution in [0.25, 0.3) is 6.08 Å². The molecule has 9 heteroatoms. The number of methoxy groups -OCH3 is 1. The van der Waals surface area contributed by atoms with Crippen molar-refractivity contribution in [1.29, 1.82) is 0 Å². The van der Waals surface area contributed by atoms with E-state index in [0.29, 0.717) is 12.3 Å². The van der Waals surface area contributed by atoms with Crippen molar-refractivity contribution in [3.05, 3.63) is 35.4 Å². The summed E-state index contributed by atoms with van der Waals surface area (Å²) in [5, 5.41) is 18.7. The molecular formula is C19H22N2O7. The lowest BCUT2D eigenvalue weighted by Gasteiger charge is -2.27. The minimum Gasteiger partial charge on any atom is -0.496 e. The van der Waals surface area contributed by atoms with Crippen LogP contribution in [0, 0.1) is 0 Å². The molecule has 0 spiro atoms. The summed E-state index contributed by atoms with van der Waals surface area (Å²) in [6, 6.07) is 3.67. The Labute approximate surface area is 161 Å². The second kappa shape index (κ2) is 7.06. The average molecular weight is 390 g/mol. The average Bonchev–Trinajstić information content (AvgIpc) is 3.23. The van der Waals surface area contributed by atoms with E-state index >= 15 is 0 Å². The van der Waals surface area contributed by atoms with Crippen LogP contribution in [0.15, 0.2) is 18.7 Å². The topological polar surface area (TPSA) is 117 Å². The van der Waals surface area contributed by atoms with E-state index < -0.39 is 29.8 Å². The van der Waals surface area contributed by atoms with Crippen LogP contribution in [0.3, 0.4) is 0 Å². The number of amides is 2. The molecule has 28 heavy (non-hydrogen) atoms. The molecule has 0 aliphatic carbocycles. The zero-order valence-electron chi connectivity index (χ0n) is 15.7. The molecule has 1 saturated heterocycles. The SMILES string of the molecule is C=Cc1ccc(OC)c2c1CN(C(=O)O[C@H]1CN(C(=O)O)[C@](C)(C(=O)O)C1)C2. The van der Waals surface area contributed by atoms with Crippen LogP contribution < -0.4 is 4.74 Å². The standard InChI is InChI=1S/C19H22N2O7/c1-4-11-5-6-15(27-3)14-10-20(9-13(11)14)18(26)28-12-7-19(2,16(22)23)21(8-12)17(24)25/h4-6,12H,1,7-10H2,2-3H3,(H,22,23)(H,24,25)/t12-,19+/m1/s1. The lowest BCUT2D eigenvalue weighted by Crippen LogP contribution is -2.50. The first-order valence-electron chi connectivity index (χ1n) is 8.72. The molecule has 3 rings (SSSR count). The van der Waals surface area contributed by atoms with E-state index in [0.717, 1.165) is 21.6 Å². The number of rotatable bonds is 4. The highest BCUT2D eigenvalue weighted by Gasteiger charge is 2.52. The predicted octanol–water partition coefficient (Wildman–Crippen LogP) is 2.39. The van der Waals surface area contributed by atoms with Gasteiger partial charge in [0, 0.05) is 12.0 Å². The second-order valence-electron chi connectivity index (χ2n) is 7.06. The predicted molar refractivity (Wildman–Crippen MR) is 98.0 cm³/mol. The number of fused-ring (bicyclic) bond motifs is 1. The van der Waals surface area contributed by atoms with Gasteiger partial charge in [-0.15, -0.1) is 0 Å². The van der Waals surface area contributed by atoms with Gasteiger partial charge >= 0.3 is 18.2 Å². The van der Waals surface area contributed by atoms with E-state index in [2.05, 4.69) is 6.58 Å². The van der Waals surface area contributed by atoms with Gasteiger partial charge in [0.05, 0.1) is 26.7 Å². The minimum absolute atomic E-state index is 0.109. The summed E-state index contributed by atoms with van der Waals surface area (Å²) in [6.45, 7) is 5.49. The molecule has 0 saturated carbocycles. The molecule has 1 aromatic rings. The first kappa shape index (κ1) is 19.5. The quantitative estimate of drug-likeness (QED) is 0.811. The number of hydrogen-bond donors (Lipinski definition) is 2. The number of carbonyl (C=O) groups excluding carboxylic acids is 1. The Morgan fingerprint density at radius 2 is 1.93 bits per heavy atom. The maximum absolute atomic E-state index is 12.7. The molecule has 2 heterocycles. The first-order valence-corrected chi connectivity index (χ1v) is 8.72. The number of nitrogens with zero attached hydrogens (tertiary/aromatic N) is 2. The third-order valence-electron chi connectivity index (χ3n) is 5.39. The van der Waals surface area contributed by atoms with Crippen LogP contribution in [0.4, 0.5) is 9.59 Å². The Morgan fingerprint density at radius 3 is 2.46 bits per heavy atom. The zero-order valence-corrected chi connectivity index (χ0v) is 15.7. The van der Waals surface area contributed by atoms with Gasteiger partial charge in [-0.3, -0.25) is 9.80 Å². The molecule has 2 atom stereocenters. The smallest absolute Gasteiger partial charge is 0.410 e. The maximum Gasteiger partial charge on any atom is 0.410 e. The molecule has 1 aromatic carbocycles. The zero-order chi connectivity index (χ0) is 20.6. The van der Waals surface area contributed by atoms with E-state index in [-0.39, 0.29) is 19.5 Å². The fraction of sp³-hybridized carbons (Fsp3) is 0.421. The van der Waals surface area contributed by atoms with Gasteiger partial charge in [-0.2, -0.15) is 0 Å². The van der Waals surface area contributed by atoms with Crippen molar-refractivity contribution in [2.24, 2.45) is 0 Å². The molecule has 2 N–H and O–H groups in total. The summed E-state index contributed by atoms with van der Waals surface area (Å²) in [4.78, 5) is 37.8. The highest BCUT2D eigenvalue weighted by molar-refractivity contribution is 5.84. The second-order valence-corrected chi connectivity index (χ2v) is 7.06. The monoisotopic (exact) mass is 390 g/mol. The highest BCUT2D eigenvalue weighted by atomic mass is 16.6. The largest absolute Gasteiger partial charge is 0.496 e. The Kier molecular flexibility index (Phi) is 4.93. The first-order chi connectivity index (χ1) is 13.2. The summed E-state index contributed by atoms with van der Waals surface area (Å²) in [7, 11) is 1.55. The van der Waals surface area contributed by atoms with Crippen molar-refractivity contribution >= 4 is 24.2 Å². The summed E-state index contributed by atoms with van der Waals surface area (Å²) in [5.74, 6) is -0.616. The molecule has 0 bridgehead atoms. The molecule has 0 aromatic heterocycles. The normalized spacial score (nSPS) is 23.3. The fourth-order valence-electron chi connectivity index (χ4n) is 3.81. The van der Waals surface area contributed by atoms with Crippen molar-refractivity contribution in [2.45, 2.75) is 38.1 Å². The Bertz CT molecular complexity index is 853. The lowest BCUT2D eigenvalue weighted by molar-refractivity contribution is -0.147. The number of likely N-dealkylation sites (tertiary alicyclic amines) is 1. The number of carbonyl (C=O) groups is 3. The molecule has 9 nitrogen and oxygen atoms in total. The van der Waals surface area contributed by atoms with Crippen molar-refractivity contribution in [1.82, 2.24) is 9.80 Å². The number of carboxylic acids is 1. The Morgan fingerprint density at radius 1 is 1.25 bits per heavy atom. The van der Waals surface area contributed by atoms with E-state index in [1.165, 1.54) is 11.8 Å². The van der Waals surface area contributed by atoms with Gasteiger partial charge in [0.1, 0.15) is 17.4 Å². The van der Waals surface area contributed by atoms with Crippen molar-refractivity contribution in [3.63, 3.8) is 0 Å². The van der Waals surface area contributed by atoms with Gasteiger partial charge in [0.15, 0.2) is 0 Å². The van der Waals surface area contributed by atoms with Crippen LogP contribution in [0.1, 0.15) is 30.0 Å². The number of carboxylic acid groups (broad SMARTS) is 2. The summed E-state index contributed by atoms with van der Waals surface area (Å²) in [6.07, 6.45) is -1.24. The van der Waals surface area contributed by atoms with Crippen molar-refractivity contribution in [2.75, 3.05) is 13.7 Å². The molecule has 2 aliphatic rings. The third kappa shape index (κ3) is 3.12. The van der Waals surface area contributed by atoms with Gasteiger partial charge in [0.2, 0.25) is 0 Å². The number of aliphatic carboxylic acids is 1. The highest BCUT2D eigenvalue weighted by Crippen LogP contribution is 2.36. The molecule has 2 amide bonds. The van der Waals surface area contributed by atoms with E-state index in [4.69, 9.17) is 9.47 Å². The lowest BCUT2D eigenvalue weighted by atomic mass is 9.99. The summed E-state index contributed by atoms with van der Waals surface area (Å²) < 4.78 is 10.8. The van der Waals surface area contributed by atoms with Gasteiger partial charge in [-0.25, -0.2) is 14.4 Å². The van der Waals surface area contributed by atoms with Crippen molar-refractivity contribution < 1.29 is 34.1 Å². The molecular weight excluding hydrogens is 368 g/mol. The minimum atomic E-state index is -1.63. The molecule has 1 fully saturated rings. The van der Waals surface area contributed by atoms with Gasteiger partial charge < -0.3 is 19.7 Å². The Hall–Kier alpha value is -3.23. The van der Waals surface area contributed by atoms with Crippen LogP contribution in [-0.4, -0.2) is 63.5 Å². The molecule has 150 valence electrons. The number of ether oxygens (including phenoxy) is 2. The fourth-order valence-corrected chi connectivity index (χ4v) is 3.81. The third-order valence-corrected chi connectivity index (χ3v) is 5.39. The van der Waals surface area contributed by atoms with E-state index in [1.807, 2.05) is 12.1 Å².